The molecule has 1 aromatic heterocycles. The molecule has 1 aromatic carbocycles. The van der Waals surface area contributed by atoms with Crippen molar-refractivity contribution in [2.24, 2.45) is 0 Å². The van der Waals surface area contributed by atoms with Crippen LogP contribution in [-0.2, 0) is 5.54 Å². The molecule has 0 radical (unpaired) electrons. The Balaban J connectivity index is 1.97. The van der Waals surface area contributed by atoms with Gasteiger partial charge in [0.05, 0.1) is 4.92 Å². The molecule has 1 heterocycles. The Morgan fingerprint density at radius 1 is 1.31 bits per heavy atom. The molecule has 0 atom stereocenters. The Labute approximate surface area is 155 Å². The lowest BCUT2D eigenvalue weighted by molar-refractivity contribution is -0.385. The summed E-state index contributed by atoms with van der Waals surface area (Å²) in [5.41, 5.74) is -1.16. The zero-order valence-corrected chi connectivity index (χ0v) is 15.1. The van der Waals surface area contributed by atoms with Crippen molar-refractivity contribution in [3.8, 4) is 0 Å². The fourth-order valence-electron chi connectivity index (χ4n) is 3.36. The molecule has 9 heteroatoms. The van der Waals surface area contributed by atoms with Gasteiger partial charge in [-0.2, -0.15) is 4.98 Å². The second-order valence-electron chi connectivity index (χ2n) is 6.51. The molecule has 1 aliphatic rings. The highest BCUT2D eigenvalue weighted by molar-refractivity contribution is 6.31. The van der Waals surface area contributed by atoms with Crippen molar-refractivity contribution in [1.82, 2.24) is 15.5 Å². The number of nitro benzene ring substituents is 1. The van der Waals surface area contributed by atoms with E-state index in [1.165, 1.54) is 18.2 Å². The second-order valence-corrected chi connectivity index (χ2v) is 6.94. The smallest absolute Gasteiger partial charge is 0.283 e. The van der Waals surface area contributed by atoms with E-state index in [-0.39, 0.29) is 16.3 Å². The van der Waals surface area contributed by atoms with Crippen molar-refractivity contribution in [1.29, 1.82) is 0 Å². The highest BCUT2D eigenvalue weighted by Gasteiger charge is 2.40. The molecule has 1 aliphatic carbocycles. The van der Waals surface area contributed by atoms with Gasteiger partial charge < -0.3 is 9.84 Å². The van der Waals surface area contributed by atoms with E-state index in [0.717, 1.165) is 25.7 Å². The number of carbonyl (C=O) groups is 1. The van der Waals surface area contributed by atoms with E-state index in [9.17, 15) is 14.9 Å². The molecule has 26 heavy (non-hydrogen) atoms. The number of benzene rings is 1. The number of nitrogens with zero attached hydrogens (tertiary/aromatic N) is 3. The number of nitro groups is 1. The quantitative estimate of drug-likeness (QED) is 0.490. The van der Waals surface area contributed by atoms with E-state index in [1.807, 2.05) is 0 Å². The summed E-state index contributed by atoms with van der Waals surface area (Å²) in [6, 6.07) is 4.00. The van der Waals surface area contributed by atoms with Gasteiger partial charge in [0.25, 0.3) is 11.6 Å². The molecule has 0 spiro atoms. The van der Waals surface area contributed by atoms with Crippen LogP contribution in [0.5, 0.6) is 0 Å². The number of hydrogen-bond acceptors (Lipinski definition) is 6. The third kappa shape index (κ3) is 3.70. The van der Waals surface area contributed by atoms with Crippen LogP contribution in [-0.4, -0.2) is 21.0 Å². The summed E-state index contributed by atoms with van der Waals surface area (Å²) in [5, 5.41) is 18.5. The minimum absolute atomic E-state index is 0.0387. The molecule has 1 amide bonds. The van der Waals surface area contributed by atoms with Crippen LogP contribution in [0, 0.1) is 17.0 Å². The van der Waals surface area contributed by atoms with Crippen LogP contribution < -0.4 is 5.32 Å². The SMILES string of the molecule is Cc1nc(C2(NC(=O)c3ccc(Cl)cc3[N+](=O)[O-])CCCCCC2)no1. The van der Waals surface area contributed by atoms with E-state index in [4.69, 9.17) is 16.1 Å². The van der Waals surface area contributed by atoms with Gasteiger partial charge in [-0.05, 0) is 25.0 Å². The van der Waals surface area contributed by atoms with Crippen molar-refractivity contribution < 1.29 is 14.2 Å². The minimum Gasteiger partial charge on any atom is -0.340 e. The first-order chi connectivity index (χ1) is 12.4. The van der Waals surface area contributed by atoms with Crippen molar-refractivity contribution in [2.75, 3.05) is 0 Å². The topological polar surface area (TPSA) is 111 Å². The van der Waals surface area contributed by atoms with Crippen molar-refractivity contribution in [2.45, 2.75) is 51.0 Å². The summed E-state index contributed by atoms with van der Waals surface area (Å²) >= 11 is 5.84. The molecule has 138 valence electrons. The molecule has 1 saturated carbocycles. The molecule has 0 bridgehead atoms. The first-order valence-corrected chi connectivity index (χ1v) is 8.86. The van der Waals surface area contributed by atoms with E-state index in [1.54, 1.807) is 6.92 Å². The predicted octanol–water partition coefficient (Wildman–Crippen LogP) is 3.92. The number of rotatable bonds is 4. The fourth-order valence-corrected chi connectivity index (χ4v) is 3.53. The van der Waals surface area contributed by atoms with Gasteiger partial charge in [-0.3, -0.25) is 14.9 Å². The van der Waals surface area contributed by atoms with Crippen LogP contribution in [0.4, 0.5) is 5.69 Å². The summed E-state index contributed by atoms with van der Waals surface area (Å²) in [7, 11) is 0. The summed E-state index contributed by atoms with van der Waals surface area (Å²) in [4.78, 5) is 27.9. The number of hydrogen-bond donors (Lipinski definition) is 1. The lowest BCUT2D eigenvalue weighted by Crippen LogP contribution is -2.46. The molecule has 0 aliphatic heterocycles. The van der Waals surface area contributed by atoms with E-state index in [0.29, 0.717) is 24.6 Å². The summed E-state index contributed by atoms with van der Waals surface area (Å²) in [5.74, 6) is 0.287. The molecule has 0 unspecified atom stereocenters. The maximum Gasteiger partial charge on any atom is 0.283 e. The number of aromatic nitrogens is 2. The second kappa shape index (κ2) is 7.41. The maximum atomic E-state index is 12.9. The van der Waals surface area contributed by atoms with Gasteiger partial charge in [0.1, 0.15) is 11.1 Å². The highest BCUT2D eigenvalue weighted by atomic mass is 35.5. The van der Waals surface area contributed by atoms with Crippen LogP contribution >= 0.6 is 11.6 Å². The van der Waals surface area contributed by atoms with Gasteiger partial charge in [-0.15, -0.1) is 0 Å². The van der Waals surface area contributed by atoms with Gasteiger partial charge in [0.2, 0.25) is 5.89 Å². The maximum absolute atomic E-state index is 12.9. The number of carbonyl (C=O) groups excluding carboxylic acids is 1. The average molecular weight is 379 g/mol. The molecule has 2 aromatic rings. The normalized spacial score (nSPS) is 16.7. The number of nitrogens with one attached hydrogen (secondary N) is 1. The van der Waals surface area contributed by atoms with Gasteiger partial charge in [0.15, 0.2) is 5.82 Å². The van der Waals surface area contributed by atoms with Crippen LogP contribution in [0.25, 0.3) is 0 Å². The lowest BCUT2D eigenvalue weighted by atomic mass is 9.88. The summed E-state index contributed by atoms with van der Waals surface area (Å²) in [6.07, 6.45) is 5.20. The van der Waals surface area contributed by atoms with Crippen LogP contribution in [0.1, 0.15) is 60.6 Å². The van der Waals surface area contributed by atoms with E-state index >= 15 is 0 Å². The Morgan fingerprint density at radius 3 is 2.58 bits per heavy atom. The minimum atomic E-state index is -0.793. The molecule has 0 saturated heterocycles. The third-order valence-electron chi connectivity index (χ3n) is 4.67. The first-order valence-electron chi connectivity index (χ1n) is 8.48. The van der Waals surface area contributed by atoms with Gasteiger partial charge in [-0.1, -0.05) is 42.4 Å². The molecular weight excluding hydrogens is 360 g/mol. The zero-order valence-electron chi connectivity index (χ0n) is 14.3. The zero-order chi connectivity index (χ0) is 18.7. The number of amides is 1. The van der Waals surface area contributed by atoms with Crippen LogP contribution in [0.2, 0.25) is 5.02 Å². The van der Waals surface area contributed by atoms with Crippen molar-refractivity contribution >= 4 is 23.2 Å². The highest BCUT2D eigenvalue weighted by Crippen LogP contribution is 2.35. The largest absolute Gasteiger partial charge is 0.340 e. The Kier molecular flexibility index (Phi) is 5.22. The van der Waals surface area contributed by atoms with E-state index in [2.05, 4.69) is 15.5 Å². The molecule has 1 fully saturated rings. The predicted molar refractivity (Wildman–Crippen MR) is 94.0 cm³/mol. The molecule has 8 nitrogen and oxygen atoms in total. The Hall–Kier alpha value is -2.48. The van der Waals surface area contributed by atoms with Crippen molar-refractivity contribution in [3.63, 3.8) is 0 Å². The van der Waals surface area contributed by atoms with E-state index < -0.39 is 16.4 Å². The molecule has 1 N–H and O–H groups in total. The third-order valence-corrected chi connectivity index (χ3v) is 4.90. The van der Waals surface area contributed by atoms with Gasteiger partial charge in [-0.25, -0.2) is 0 Å². The Morgan fingerprint density at radius 2 is 2.00 bits per heavy atom. The standard InChI is InChI=1S/C17H19ClN4O4/c1-11-19-16(21-26-11)17(8-4-2-3-5-9-17)20-15(23)13-7-6-12(18)10-14(13)22(24)25/h6-7,10H,2-5,8-9H2,1H3,(H,20,23). The number of halogens is 1. The lowest BCUT2D eigenvalue weighted by Gasteiger charge is -2.30. The average Bonchev–Trinajstić information content (AvgIpc) is 2.90. The fraction of sp³-hybridized carbons (Fsp3) is 0.471. The van der Waals surface area contributed by atoms with Gasteiger partial charge >= 0.3 is 0 Å². The Bertz CT molecular complexity index is 828. The molecular formula is C17H19ClN4O4. The first kappa shape index (κ1) is 18.3. The van der Waals surface area contributed by atoms with Crippen molar-refractivity contribution in [3.05, 3.63) is 50.6 Å². The van der Waals surface area contributed by atoms with Crippen LogP contribution in [0.3, 0.4) is 0 Å². The van der Waals surface area contributed by atoms with Crippen LogP contribution in [0.15, 0.2) is 22.7 Å². The van der Waals surface area contributed by atoms with Gasteiger partial charge in [0, 0.05) is 18.0 Å². The molecule has 3 rings (SSSR count). The summed E-state index contributed by atoms with van der Waals surface area (Å²) in [6.45, 7) is 1.69. The monoisotopic (exact) mass is 378 g/mol. The number of aryl methyl sites for hydroxylation is 1. The summed E-state index contributed by atoms with van der Waals surface area (Å²) < 4.78 is 5.11.